The van der Waals surface area contributed by atoms with Gasteiger partial charge in [0.15, 0.2) is 0 Å². The van der Waals surface area contributed by atoms with E-state index in [-0.39, 0.29) is 0 Å². The van der Waals surface area contributed by atoms with Gasteiger partial charge in [-0.1, -0.05) is 17.7 Å². The number of aromatic nitrogens is 2. The zero-order valence-electron chi connectivity index (χ0n) is 12.8. The summed E-state index contributed by atoms with van der Waals surface area (Å²) in [6.07, 6.45) is 5.81. The molecule has 0 aliphatic carbocycles. The third-order valence-electron chi connectivity index (χ3n) is 3.05. The molecule has 1 rings (SSSR count). The van der Waals surface area contributed by atoms with Crippen molar-refractivity contribution >= 4 is 12.0 Å². The SMILES string of the molecule is CC(C)=CCC(=CCN(C)C=O)c1cc(CN)n(C)n1. The lowest BCUT2D eigenvalue weighted by Gasteiger charge is -2.08. The van der Waals surface area contributed by atoms with Crippen molar-refractivity contribution in [3.05, 3.63) is 35.2 Å². The fourth-order valence-corrected chi connectivity index (χ4v) is 1.76. The van der Waals surface area contributed by atoms with E-state index in [1.807, 2.05) is 19.2 Å². The van der Waals surface area contributed by atoms with Gasteiger partial charge < -0.3 is 10.6 Å². The van der Waals surface area contributed by atoms with Crippen LogP contribution in [0.5, 0.6) is 0 Å². The largest absolute Gasteiger partial charge is 0.345 e. The molecule has 0 aromatic carbocycles. The molecule has 1 aromatic rings. The van der Waals surface area contributed by atoms with Crippen LogP contribution in [0, 0.1) is 0 Å². The van der Waals surface area contributed by atoms with Crippen molar-refractivity contribution in [1.82, 2.24) is 14.7 Å². The summed E-state index contributed by atoms with van der Waals surface area (Å²) >= 11 is 0. The summed E-state index contributed by atoms with van der Waals surface area (Å²) in [5.41, 5.74) is 9.96. The number of amides is 1. The lowest BCUT2D eigenvalue weighted by Crippen LogP contribution is -2.15. The Hall–Kier alpha value is -1.88. The number of aryl methyl sites for hydroxylation is 1. The molecule has 1 amide bonds. The van der Waals surface area contributed by atoms with E-state index in [1.165, 1.54) is 5.57 Å². The second kappa shape index (κ2) is 7.65. The van der Waals surface area contributed by atoms with Gasteiger partial charge >= 0.3 is 0 Å². The third kappa shape index (κ3) is 4.66. The maximum atomic E-state index is 10.7. The van der Waals surface area contributed by atoms with Crippen LogP contribution < -0.4 is 5.73 Å². The lowest BCUT2D eigenvalue weighted by molar-refractivity contribution is -0.116. The molecule has 0 saturated heterocycles. The number of likely N-dealkylation sites (N-methyl/N-ethyl adjacent to an activating group) is 1. The summed E-state index contributed by atoms with van der Waals surface area (Å²) in [5, 5.41) is 4.50. The number of hydrogen-bond acceptors (Lipinski definition) is 3. The minimum Gasteiger partial charge on any atom is -0.345 e. The summed E-state index contributed by atoms with van der Waals surface area (Å²) in [6.45, 7) is 5.18. The van der Waals surface area contributed by atoms with Crippen LogP contribution in [0.15, 0.2) is 23.8 Å². The molecule has 0 radical (unpaired) electrons. The van der Waals surface area contributed by atoms with Gasteiger partial charge in [-0.05, 0) is 31.9 Å². The first-order valence-corrected chi connectivity index (χ1v) is 6.69. The minimum atomic E-state index is 0.466. The molecule has 5 heteroatoms. The minimum absolute atomic E-state index is 0.466. The average Bonchev–Trinajstić information content (AvgIpc) is 2.79. The highest BCUT2D eigenvalue weighted by Gasteiger charge is 2.08. The van der Waals surface area contributed by atoms with Gasteiger partial charge in [-0.2, -0.15) is 5.10 Å². The molecule has 0 aliphatic rings. The number of rotatable bonds is 7. The Kier molecular flexibility index (Phi) is 6.18. The quantitative estimate of drug-likeness (QED) is 0.609. The Morgan fingerprint density at radius 3 is 2.65 bits per heavy atom. The van der Waals surface area contributed by atoms with Crippen LogP contribution >= 0.6 is 0 Å². The van der Waals surface area contributed by atoms with Gasteiger partial charge in [-0.25, -0.2) is 0 Å². The molecule has 0 spiro atoms. The first-order valence-electron chi connectivity index (χ1n) is 6.69. The maximum absolute atomic E-state index is 10.7. The second-order valence-electron chi connectivity index (χ2n) is 5.11. The van der Waals surface area contributed by atoms with E-state index < -0.39 is 0 Å². The predicted octanol–water partition coefficient (Wildman–Crippen LogP) is 1.71. The van der Waals surface area contributed by atoms with Crippen molar-refractivity contribution < 1.29 is 4.79 Å². The van der Waals surface area contributed by atoms with Gasteiger partial charge in [-0.15, -0.1) is 0 Å². The molecule has 0 unspecified atom stereocenters. The fraction of sp³-hybridized carbons (Fsp3) is 0.467. The van der Waals surface area contributed by atoms with E-state index >= 15 is 0 Å². The first-order chi connectivity index (χ1) is 9.47. The second-order valence-corrected chi connectivity index (χ2v) is 5.11. The number of hydrogen-bond donors (Lipinski definition) is 1. The molecule has 2 N–H and O–H groups in total. The van der Waals surface area contributed by atoms with E-state index in [9.17, 15) is 4.79 Å². The van der Waals surface area contributed by atoms with E-state index in [4.69, 9.17) is 5.73 Å². The number of carbonyl (C=O) groups is 1. The number of nitrogens with two attached hydrogens (primary N) is 1. The first kappa shape index (κ1) is 16.2. The average molecular weight is 276 g/mol. The molecule has 0 saturated carbocycles. The molecular formula is C15H24N4O. The number of carbonyl (C=O) groups excluding carboxylic acids is 1. The molecule has 0 bridgehead atoms. The highest BCUT2D eigenvalue weighted by Crippen LogP contribution is 2.19. The molecule has 1 heterocycles. The van der Waals surface area contributed by atoms with Crippen LogP contribution in [0.1, 0.15) is 31.7 Å². The van der Waals surface area contributed by atoms with Crippen LogP contribution in [0.4, 0.5) is 0 Å². The van der Waals surface area contributed by atoms with Crippen molar-refractivity contribution in [2.24, 2.45) is 12.8 Å². The van der Waals surface area contributed by atoms with E-state index in [0.29, 0.717) is 13.1 Å². The molecule has 20 heavy (non-hydrogen) atoms. The van der Waals surface area contributed by atoms with Crippen molar-refractivity contribution in [2.45, 2.75) is 26.8 Å². The highest BCUT2D eigenvalue weighted by molar-refractivity contribution is 5.65. The van der Waals surface area contributed by atoms with Crippen LogP contribution in [0.3, 0.4) is 0 Å². The molecule has 0 fully saturated rings. The smallest absolute Gasteiger partial charge is 0.209 e. The molecule has 0 aliphatic heterocycles. The molecular weight excluding hydrogens is 252 g/mol. The monoisotopic (exact) mass is 276 g/mol. The zero-order chi connectivity index (χ0) is 15.1. The van der Waals surface area contributed by atoms with Gasteiger partial charge in [0, 0.05) is 27.2 Å². The van der Waals surface area contributed by atoms with E-state index in [1.54, 1.807) is 16.6 Å². The van der Waals surface area contributed by atoms with Crippen molar-refractivity contribution in [1.29, 1.82) is 0 Å². The fourth-order valence-electron chi connectivity index (χ4n) is 1.76. The van der Waals surface area contributed by atoms with Crippen LogP contribution in [-0.2, 0) is 18.4 Å². The van der Waals surface area contributed by atoms with Crippen molar-refractivity contribution in [3.8, 4) is 0 Å². The number of allylic oxidation sites excluding steroid dienone is 3. The third-order valence-corrected chi connectivity index (χ3v) is 3.05. The van der Waals surface area contributed by atoms with E-state index in [0.717, 1.165) is 29.8 Å². The van der Waals surface area contributed by atoms with Gasteiger partial charge in [0.05, 0.1) is 11.4 Å². The standard InChI is InChI=1S/C15H24N4O/c1-12(2)5-6-13(7-8-18(3)11-20)15-9-14(10-16)19(4)17-15/h5,7,9,11H,6,8,10,16H2,1-4H3. The molecule has 110 valence electrons. The van der Waals surface area contributed by atoms with Gasteiger partial charge in [0.1, 0.15) is 0 Å². The van der Waals surface area contributed by atoms with Gasteiger partial charge in [-0.3, -0.25) is 9.48 Å². The summed E-state index contributed by atoms with van der Waals surface area (Å²) < 4.78 is 1.80. The summed E-state index contributed by atoms with van der Waals surface area (Å²) in [5.74, 6) is 0. The summed E-state index contributed by atoms with van der Waals surface area (Å²) in [4.78, 5) is 12.3. The molecule has 0 atom stereocenters. The van der Waals surface area contributed by atoms with Gasteiger partial charge in [0.25, 0.3) is 0 Å². The normalized spacial score (nSPS) is 11.3. The Bertz CT molecular complexity index is 510. The topological polar surface area (TPSA) is 64.2 Å². The predicted molar refractivity (Wildman–Crippen MR) is 81.8 cm³/mol. The summed E-state index contributed by atoms with van der Waals surface area (Å²) in [7, 11) is 3.65. The summed E-state index contributed by atoms with van der Waals surface area (Å²) in [6, 6.07) is 2.01. The van der Waals surface area contributed by atoms with Crippen LogP contribution in [0.25, 0.3) is 5.57 Å². The molecule has 1 aromatic heterocycles. The Balaban J connectivity index is 3.01. The Labute approximate surface area is 120 Å². The van der Waals surface area contributed by atoms with E-state index in [2.05, 4.69) is 25.0 Å². The maximum Gasteiger partial charge on any atom is 0.209 e. The highest BCUT2D eigenvalue weighted by atomic mass is 16.1. The Morgan fingerprint density at radius 2 is 2.15 bits per heavy atom. The van der Waals surface area contributed by atoms with Crippen LogP contribution in [0.2, 0.25) is 0 Å². The van der Waals surface area contributed by atoms with Gasteiger partial charge in [0.2, 0.25) is 6.41 Å². The van der Waals surface area contributed by atoms with Crippen LogP contribution in [-0.4, -0.2) is 34.7 Å². The zero-order valence-corrected chi connectivity index (χ0v) is 12.8. The Morgan fingerprint density at radius 1 is 1.45 bits per heavy atom. The number of nitrogens with zero attached hydrogens (tertiary/aromatic N) is 3. The van der Waals surface area contributed by atoms with Crippen molar-refractivity contribution in [2.75, 3.05) is 13.6 Å². The molecule has 5 nitrogen and oxygen atoms in total. The van der Waals surface area contributed by atoms with Crippen molar-refractivity contribution in [3.63, 3.8) is 0 Å². The lowest BCUT2D eigenvalue weighted by atomic mass is 10.1.